The van der Waals surface area contributed by atoms with Gasteiger partial charge in [0.25, 0.3) is 0 Å². The van der Waals surface area contributed by atoms with Crippen LogP contribution in [0.1, 0.15) is 19.4 Å². The van der Waals surface area contributed by atoms with Crippen molar-refractivity contribution in [1.82, 2.24) is 4.90 Å². The van der Waals surface area contributed by atoms with Crippen LogP contribution in [0.2, 0.25) is 0 Å². The maximum Gasteiger partial charge on any atom is 0.0992 e. The third-order valence-corrected chi connectivity index (χ3v) is 3.68. The molecule has 0 aliphatic rings. The molecule has 0 fully saturated rings. The van der Waals surface area contributed by atoms with E-state index in [-0.39, 0.29) is 5.54 Å². The summed E-state index contributed by atoms with van der Waals surface area (Å²) < 4.78 is 0.922. The van der Waals surface area contributed by atoms with Gasteiger partial charge in [-0.1, -0.05) is 0 Å². The predicted octanol–water partition coefficient (Wildman–Crippen LogP) is 3.07. The predicted molar refractivity (Wildman–Crippen MR) is 75.1 cm³/mol. The van der Waals surface area contributed by atoms with Crippen molar-refractivity contribution in [2.24, 2.45) is 0 Å². The van der Waals surface area contributed by atoms with Crippen molar-refractivity contribution in [3.8, 4) is 6.07 Å². The Balaban J connectivity index is 2.74. The number of benzene rings is 1. The van der Waals surface area contributed by atoms with Crippen LogP contribution >= 0.6 is 15.9 Å². The molecule has 92 valence electrons. The maximum absolute atomic E-state index is 8.79. The summed E-state index contributed by atoms with van der Waals surface area (Å²) >= 11 is 3.47. The minimum absolute atomic E-state index is 0.0767. The van der Waals surface area contributed by atoms with Gasteiger partial charge in [0.1, 0.15) is 0 Å². The molecule has 1 aromatic carbocycles. The van der Waals surface area contributed by atoms with Crippen LogP contribution < -0.4 is 5.32 Å². The van der Waals surface area contributed by atoms with E-state index in [0.29, 0.717) is 5.56 Å². The monoisotopic (exact) mass is 295 g/mol. The maximum atomic E-state index is 8.79. The largest absolute Gasteiger partial charge is 0.382 e. The molecule has 1 aromatic rings. The quantitative estimate of drug-likeness (QED) is 0.928. The Morgan fingerprint density at radius 1 is 1.41 bits per heavy atom. The highest BCUT2D eigenvalue weighted by atomic mass is 79.9. The zero-order valence-electron chi connectivity index (χ0n) is 10.7. The SMILES string of the molecule is CN(C)C(C)(C)CNc1ccc(C#N)cc1Br. The summed E-state index contributed by atoms with van der Waals surface area (Å²) in [4.78, 5) is 2.18. The normalized spacial score (nSPS) is 11.4. The summed E-state index contributed by atoms with van der Waals surface area (Å²) in [5, 5.41) is 12.2. The van der Waals surface area contributed by atoms with Crippen LogP contribution in [-0.4, -0.2) is 31.1 Å². The second-order valence-electron chi connectivity index (χ2n) is 4.87. The molecule has 0 aliphatic carbocycles. The first kappa shape index (κ1) is 14.0. The summed E-state index contributed by atoms with van der Waals surface area (Å²) in [6, 6.07) is 7.68. The first-order valence-corrected chi connectivity index (χ1v) is 6.27. The molecule has 0 amide bonds. The highest BCUT2D eigenvalue weighted by Gasteiger charge is 2.20. The van der Waals surface area contributed by atoms with E-state index in [0.717, 1.165) is 16.7 Å². The lowest BCUT2D eigenvalue weighted by atomic mass is 10.0. The fourth-order valence-corrected chi connectivity index (χ4v) is 1.72. The molecule has 0 saturated heterocycles. The van der Waals surface area contributed by atoms with Gasteiger partial charge in [0.15, 0.2) is 0 Å². The number of likely N-dealkylation sites (N-methyl/N-ethyl adjacent to an activating group) is 1. The summed E-state index contributed by atoms with van der Waals surface area (Å²) in [5.41, 5.74) is 1.75. The topological polar surface area (TPSA) is 39.1 Å². The molecule has 0 spiro atoms. The molecular weight excluding hydrogens is 278 g/mol. The van der Waals surface area contributed by atoms with Crippen LogP contribution in [0.5, 0.6) is 0 Å². The second kappa shape index (κ2) is 5.52. The molecule has 0 aromatic heterocycles. The highest BCUT2D eigenvalue weighted by molar-refractivity contribution is 9.10. The van der Waals surface area contributed by atoms with E-state index in [1.54, 1.807) is 0 Å². The average molecular weight is 296 g/mol. The molecule has 0 unspecified atom stereocenters. The van der Waals surface area contributed by atoms with Crippen LogP contribution in [0.3, 0.4) is 0 Å². The van der Waals surface area contributed by atoms with Gasteiger partial charge < -0.3 is 10.2 Å². The van der Waals surface area contributed by atoms with E-state index in [9.17, 15) is 0 Å². The first-order chi connectivity index (χ1) is 7.86. The molecule has 0 saturated carbocycles. The van der Waals surface area contributed by atoms with Gasteiger partial charge in [-0.05, 0) is 62.1 Å². The summed E-state index contributed by atoms with van der Waals surface area (Å²) in [6.07, 6.45) is 0. The van der Waals surface area contributed by atoms with E-state index in [1.165, 1.54) is 0 Å². The molecule has 0 heterocycles. The fraction of sp³-hybridized carbons (Fsp3) is 0.462. The fourth-order valence-electron chi connectivity index (χ4n) is 1.20. The third-order valence-electron chi connectivity index (χ3n) is 3.02. The van der Waals surface area contributed by atoms with Gasteiger partial charge in [-0.15, -0.1) is 0 Å². The van der Waals surface area contributed by atoms with E-state index < -0.39 is 0 Å². The van der Waals surface area contributed by atoms with Gasteiger partial charge in [0, 0.05) is 22.2 Å². The molecule has 4 heteroatoms. The Bertz CT molecular complexity index is 433. The minimum Gasteiger partial charge on any atom is -0.382 e. The van der Waals surface area contributed by atoms with E-state index in [1.807, 2.05) is 18.2 Å². The van der Waals surface area contributed by atoms with Crippen LogP contribution in [0.25, 0.3) is 0 Å². The number of hydrogen-bond donors (Lipinski definition) is 1. The van der Waals surface area contributed by atoms with Gasteiger partial charge >= 0.3 is 0 Å². The Labute approximate surface area is 112 Å². The lowest BCUT2D eigenvalue weighted by molar-refractivity contribution is 0.210. The smallest absolute Gasteiger partial charge is 0.0992 e. The van der Waals surface area contributed by atoms with Crippen molar-refractivity contribution in [2.75, 3.05) is 26.0 Å². The number of rotatable bonds is 4. The Morgan fingerprint density at radius 2 is 2.06 bits per heavy atom. The zero-order valence-corrected chi connectivity index (χ0v) is 12.3. The van der Waals surface area contributed by atoms with Crippen LogP contribution in [0, 0.1) is 11.3 Å². The van der Waals surface area contributed by atoms with Crippen LogP contribution in [-0.2, 0) is 0 Å². The molecule has 1 N–H and O–H groups in total. The van der Waals surface area contributed by atoms with Crippen molar-refractivity contribution < 1.29 is 0 Å². The summed E-state index contributed by atoms with van der Waals surface area (Å²) in [5.74, 6) is 0. The highest BCUT2D eigenvalue weighted by Crippen LogP contribution is 2.24. The number of nitrogens with zero attached hydrogens (tertiary/aromatic N) is 2. The third kappa shape index (κ3) is 3.72. The molecule has 17 heavy (non-hydrogen) atoms. The molecule has 0 atom stereocenters. The Kier molecular flexibility index (Phi) is 4.55. The number of hydrogen-bond acceptors (Lipinski definition) is 3. The van der Waals surface area contributed by atoms with Crippen LogP contribution in [0.15, 0.2) is 22.7 Å². The Hall–Kier alpha value is -1.05. The lowest BCUT2D eigenvalue weighted by Crippen LogP contribution is -2.44. The van der Waals surface area contributed by atoms with Crippen molar-refractivity contribution in [3.63, 3.8) is 0 Å². The molecule has 1 rings (SSSR count). The van der Waals surface area contributed by atoms with Gasteiger partial charge in [0.2, 0.25) is 0 Å². The van der Waals surface area contributed by atoms with E-state index in [4.69, 9.17) is 5.26 Å². The van der Waals surface area contributed by atoms with E-state index >= 15 is 0 Å². The van der Waals surface area contributed by atoms with Crippen LogP contribution in [0.4, 0.5) is 5.69 Å². The van der Waals surface area contributed by atoms with Gasteiger partial charge in [-0.25, -0.2) is 0 Å². The zero-order chi connectivity index (χ0) is 13.1. The van der Waals surface area contributed by atoms with Crippen molar-refractivity contribution in [3.05, 3.63) is 28.2 Å². The average Bonchev–Trinajstić information content (AvgIpc) is 2.27. The first-order valence-electron chi connectivity index (χ1n) is 5.48. The Morgan fingerprint density at radius 3 is 2.53 bits per heavy atom. The van der Waals surface area contributed by atoms with Gasteiger partial charge in [-0.2, -0.15) is 5.26 Å². The molecule has 3 nitrogen and oxygen atoms in total. The van der Waals surface area contributed by atoms with E-state index in [2.05, 4.69) is 60.2 Å². The molecular formula is C13H18BrN3. The molecule has 0 aliphatic heterocycles. The molecule has 0 radical (unpaired) electrons. The molecule has 0 bridgehead atoms. The summed E-state index contributed by atoms with van der Waals surface area (Å²) in [7, 11) is 4.13. The standard InChI is InChI=1S/C13H18BrN3/c1-13(2,17(3)4)9-16-12-6-5-10(8-15)7-11(12)14/h5-7,16H,9H2,1-4H3. The number of nitrogens with one attached hydrogen (secondary N) is 1. The number of halogens is 1. The lowest BCUT2D eigenvalue weighted by Gasteiger charge is -2.33. The van der Waals surface area contributed by atoms with Crippen molar-refractivity contribution in [1.29, 1.82) is 5.26 Å². The van der Waals surface area contributed by atoms with Crippen molar-refractivity contribution >= 4 is 21.6 Å². The minimum atomic E-state index is 0.0767. The number of anilines is 1. The van der Waals surface area contributed by atoms with Gasteiger partial charge in [-0.3, -0.25) is 0 Å². The summed E-state index contributed by atoms with van der Waals surface area (Å²) in [6.45, 7) is 5.19. The van der Waals surface area contributed by atoms with Crippen molar-refractivity contribution in [2.45, 2.75) is 19.4 Å². The second-order valence-corrected chi connectivity index (χ2v) is 5.72. The van der Waals surface area contributed by atoms with Gasteiger partial charge in [0.05, 0.1) is 11.6 Å². The number of nitriles is 1.